The lowest BCUT2D eigenvalue weighted by Gasteiger charge is -2.08. The zero-order valence-corrected chi connectivity index (χ0v) is 12.2. The third-order valence-corrected chi connectivity index (χ3v) is 2.85. The molecule has 0 aliphatic heterocycles. The van der Waals surface area contributed by atoms with E-state index in [1.807, 2.05) is 7.05 Å². The highest BCUT2D eigenvalue weighted by atomic mass is 35.5. The Morgan fingerprint density at radius 3 is 2.68 bits per heavy atom. The van der Waals surface area contributed by atoms with Crippen molar-refractivity contribution in [2.45, 2.75) is 25.7 Å². The van der Waals surface area contributed by atoms with Gasteiger partial charge >= 0.3 is 5.97 Å². The van der Waals surface area contributed by atoms with Gasteiger partial charge in [-0.3, -0.25) is 0 Å². The number of halogens is 2. The van der Waals surface area contributed by atoms with Crippen molar-refractivity contribution >= 4 is 18.4 Å². The van der Waals surface area contributed by atoms with Crippen molar-refractivity contribution in [1.29, 1.82) is 0 Å². The van der Waals surface area contributed by atoms with Crippen LogP contribution in [0.2, 0.25) is 0 Å². The Bertz CT molecular complexity index is 399. The number of unbranched alkanes of at least 4 members (excludes halogenated alkanes) is 2. The largest absolute Gasteiger partial charge is 0.465 e. The minimum Gasteiger partial charge on any atom is -0.465 e. The number of carbonyl (C=O) groups excluding carboxylic acids is 1. The normalized spacial score (nSPS) is 9.84. The van der Waals surface area contributed by atoms with E-state index in [0.29, 0.717) is 5.56 Å². The quantitative estimate of drug-likeness (QED) is 0.619. The van der Waals surface area contributed by atoms with Crippen molar-refractivity contribution in [3.05, 3.63) is 35.1 Å². The van der Waals surface area contributed by atoms with Gasteiger partial charge in [0.25, 0.3) is 0 Å². The van der Waals surface area contributed by atoms with Crippen LogP contribution in [0.25, 0.3) is 0 Å². The molecule has 0 radical (unpaired) electrons. The number of rotatable bonds is 7. The predicted octanol–water partition coefficient (Wildman–Crippen LogP) is 2.97. The summed E-state index contributed by atoms with van der Waals surface area (Å²) in [4.78, 5) is 11.5. The van der Waals surface area contributed by atoms with Gasteiger partial charge < -0.3 is 10.1 Å². The molecule has 1 N–H and O–H groups in total. The first-order valence-electron chi connectivity index (χ1n) is 6.20. The maximum absolute atomic E-state index is 13.1. The van der Waals surface area contributed by atoms with Gasteiger partial charge in [-0.05, 0) is 50.6 Å². The summed E-state index contributed by atoms with van der Waals surface area (Å²) in [6, 6.07) is 4.30. The Labute approximate surface area is 119 Å². The van der Waals surface area contributed by atoms with Gasteiger partial charge in [0, 0.05) is 0 Å². The summed E-state index contributed by atoms with van der Waals surface area (Å²) < 4.78 is 17.8. The second-order valence-corrected chi connectivity index (χ2v) is 4.21. The Morgan fingerprint density at radius 2 is 2.05 bits per heavy atom. The predicted molar refractivity (Wildman–Crippen MR) is 76.5 cm³/mol. The topological polar surface area (TPSA) is 38.3 Å². The van der Waals surface area contributed by atoms with Crippen molar-refractivity contribution in [1.82, 2.24) is 5.32 Å². The van der Waals surface area contributed by atoms with Crippen LogP contribution in [0.4, 0.5) is 4.39 Å². The molecule has 0 unspecified atom stereocenters. The summed E-state index contributed by atoms with van der Waals surface area (Å²) in [6.07, 6.45) is 3.94. The van der Waals surface area contributed by atoms with Gasteiger partial charge in [0.15, 0.2) is 0 Å². The summed E-state index contributed by atoms with van der Waals surface area (Å²) in [5.41, 5.74) is 1.19. The number of aryl methyl sites for hydroxylation is 1. The molecule has 108 valence electrons. The maximum atomic E-state index is 13.1. The highest BCUT2D eigenvalue weighted by molar-refractivity contribution is 5.91. The zero-order valence-electron chi connectivity index (χ0n) is 11.4. The van der Waals surface area contributed by atoms with E-state index in [-0.39, 0.29) is 12.4 Å². The van der Waals surface area contributed by atoms with Gasteiger partial charge in [-0.15, -0.1) is 12.4 Å². The number of benzene rings is 1. The average molecular weight is 290 g/mol. The van der Waals surface area contributed by atoms with Crippen LogP contribution < -0.4 is 5.32 Å². The van der Waals surface area contributed by atoms with E-state index < -0.39 is 11.8 Å². The highest BCUT2D eigenvalue weighted by Gasteiger charge is 2.12. The fourth-order valence-corrected chi connectivity index (χ4v) is 1.86. The first-order chi connectivity index (χ1) is 8.69. The Morgan fingerprint density at radius 1 is 1.32 bits per heavy atom. The summed E-state index contributed by atoms with van der Waals surface area (Å²) in [6.45, 7) is 0.993. The highest BCUT2D eigenvalue weighted by Crippen LogP contribution is 2.15. The molecule has 0 saturated carbocycles. The van der Waals surface area contributed by atoms with Gasteiger partial charge in [-0.2, -0.15) is 0 Å². The van der Waals surface area contributed by atoms with E-state index in [1.54, 1.807) is 6.07 Å². The van der Waals surface area contributed by atoms with Gasteiger partial charge in [0.2, 0.25) is 0 Å². The third kappa shape index (κ3) is 6.03. The number of hydrogen-bond acceptors (Lipinski definition) is 3. The molecule has 0 aromatic heterocycles. The lowest BCUT2D eigenvalue weighted by atomic mass is 10.0. The van der Waals surface area contributed by atoms with E-state index in [2.05, 4.69) is 10.1 Å². The monoisotopic (exact) mass is 289 g/mol. The van der Waals surface area contributed by atoms with Crippen LogP contribution in [0.3, 0.4) is 0 Å². The van der Waals surface area contributed by atoms with Crippen LogP contribution in [0, 0.1) is 5.82 Å². The van der Waals surface area contributed by atoms with Crippen LogP contribution in [0.1, 0.15) is 35.2 Å². The zero-order chi connectivity index (χ0) is 13.4. The van der Waals surface area contributed by atoms with Crippen LogP contribution >= 0.6 is 12.4 Å². The van der Waals surface area contributed by atoms with Gasteiger partial charge in [-0.25, -0.2) is 9.18 Å². The van der Waals surface area contributed by atoms with E-state index in [1.165, 1.54) is 19.2 Å². The first-order valence-corrected chi connectivity index (χ1v) is 6.20. The summed E-state index contributed by atoms with van der Waals surface area (Å²) >= 11 is 0. The fourth-order valence-electron chi connectivity index (χ4n) is 1.86. The number of hydrogen-bond donors (Lipinski definition) is 1. The molecular formula is C14H21ClFNO2. The van der Waals surface area contributed by atoms with Crippen LogP contribution in [-0.2, 0) is 11.2 Å². The van der Waals surface area contributed by atoms with Crippen molar-refractivity contribution in [2.75, 3.05) is 20.7 Å². The molecule has 1 aromatic carbocycles. The standard InChI is InChI=1S/C14H20FNO2.ClH/c1-16-9-5-3-4-6-11-7-8-12(15)10-13(11)14(17)18-2;/h7-8,10,16H,3-6,9H2,1-2H3;1H. The lowest BCUT2D eigenvalue weighted by molar-refractivity contribution is 0.0599. The number of ether oxygens (including phenoxy) is 1. The lowest BCUT2D eigenvalue weighted by Crippen LogP contribution is -2.08. The molecule has 0 aliphatic carbocycles. The second-order valence-electron chi connectivity index (χ2n) is 4.21. The molecule has 0 bridgehead atoms. The second kappa shape index (κ2) is 9.75. The Kier molecular flexibility index (Phi) is 9.17. The van der Waals surface area contributed by atoms with Crippen LogP contribution in [0.5, 0.6) is 0 Å². The fraction of sp³-hybridized carbons (Fsp3) is 0.500. The molecule has 0 heterocycles. The minimum absolute atomic E-state index is 0. The molecule has 0 amide bonds. The molecule has 0 spiro atoms. The molecule has 3 nitrogen and oxygen atoms in total. The summed E-state index contributed by atoms with van der Waals surface area (Å²) in [7, 11) is 3.24. The Hall–Kier alpha value is -1.13. The molecule has 0 aliphatic rings. The molecule has 19 heavy (non-hydrogen) atoms. The summed E-state index contributed by atoms with van der Waals surface area (Å²) in [5.74, 6) is -0.881. The first kappa shape index (κ1) is 17.9. The molecular weight excluding hydrogens is 269 g/mol. The SMILES string of the molecule is CNCCCCCc1ccc(F)cc1C(=O)OC.Cl. The smallest absolute Gasteiger partial charge is 0.338 e. The van der Waals surface area contributed by atoms with E-state index >= 15 is 0 Å². The van der Waals surface area contributed by atoms with Crippen molar-refractivity contribution < 1.29 is 13.9 Å². The number of methoxy groups -OCH3 is 1. The Balaban J connectivity index is 0.00000324. The van der Waals surface area contributed by atoms with E-state index in [4.69, 9.17) is 0 Å². The third-order valence-electron chi connectivity index (χ3n) is 2.85. The molecule has 0 saturated heterocycles. The number of esters is 1. The van der Waals surface area contributed by atoms with E-state index in [0.717, 1.165) is 37.8 Å². The van der Waals surface area contributed by atoms with Gasteiger partial charge in [0.05, 0.1) is 12.7 Å². The molecule has 0 fully saturated rings. The van der Waals surface area contributed by atoms with Gasteiger partial charge in [0.1, 0.15) is 5.82 Å². The van der Waals surface area contributed by atoms with Crippen LogP contribution in [0.15, 0.2) is 18.2 Å². The minimum atomic E-state index is -0.472. The average Bonchev–Trinajstić information content (AvgIpc) is 2.39. The molecule has 5 heteroatoms. The number of nitrogens with one attached hydrogen (secondary N) is 1. The van der Waals surface area contributed by atoms with Crippen molar-refractivity contribution in [3.8, 4) is 0 Å². The van der Waals surface area contributed by atoms with Crippen LogP contribution in [-0.4, -0.2) is 26.7 Å². The van der Waals surface area contributed by atoms with Crippen molar-refractivity contribution in [3.63, 3.8) is 0 Å². The maximum Gasteiger partial charge on any atom is 0.338 e. The number of carbonyl (C=O) groups is 1. The van der Waals surface area contributed by atoms with Crippen molar-refractivity contribution in [2.24, 2.45) is 0 Å². The van der Waals surface area contributed by atoms with Gasteiger partial charge in [-0.1, -0.05) is 12.5 Å². The summed E-state index contributed by atoms with van der Waals surface area (Å²) in [5, 5.41) is 3.09. The molecule has 1 rings (SSSR count). The van der Waals surface area contributed by atoms with E-state index in [9.17, 15) is 9.18 Å². The molecule has 1 aromatic rings. The molecule has 0 atom stereocenters.